The molecule has 7 aromatic rings. The van der Waals surface area contributed by atoms with Crippen molar-refractivity contribution in [2.45, 2.75) is 58.4 Å². The van der Waals surface area contributed by atoms with Crippen LogP contribution in [0.2, 0.25) is 0 Å². The summed E-state index contributed by atoms with van der Waals surface area (Å²) >= 11 is 0. The van der Waals surface area contributed by atoms with Gasteiger partial charge < -0.3 is 31.6 Å². The lowest BCUT2D eigenvalue weighted by Crippen LogP contribution is -2.34. The van der Waals surface area contributed by atoms with Crippen LogP contribution >= 0.6 is 0 Å². The molecule has 0 spiro atoms. The molecule has 4 heterocycles. The van der Waals surface area contributed by atoms with Crippen LogP contribution in [0, 0.1) is 11.8 Å². The quantitative estimate of drug-likeness (QED) is 0.0766. The number of nitrogen functional groups attached to an aromatic ring is 1. The summed E-state index contributed by atoms with van der Waals surface area (Å²) in [6.07, 6.45) is 9.50. The second kappa shape index (κ2) is 16.2. The Morgan fingerprint density at radius 2 is 1.19 bits per heavy atom. The number of hydrogen-bond donors (Lipinski definition) is 4. The second-order valence-electron chi connectivity index (χ2n) is 15.3. The van der Waals surface area contributed by atoms with Gasteiger partial charge in [0.25, 0.3) is 0 Å². The van der Waals surface area contributed by atoms with Gasteiger partial charge >= 0.3 is 0 Å². The van der Waals surface area contributed by atoms with Crippen LogP contribution in [0.1, 0.15) is 75.4 Å². The maximum absolute atomic E-state index is 6.43. The van der Waals surface area contributed by atoms with Crippen LogP contribution in [0.3, 0.4) is 0 Å². The van der Waals surface area contributed by atoms with E-state index in [4.69, 9.17) is 30.9 Å². The highest BCUT2D eigenvalue weighted by atomic mass is 16.5. The van der Waals surface area contributed by atoms with E-state index in [2.05, 4.69) is 70.1 Å². The fraction of sp³-hybridized carbons (Fsp3) is 0.191. The van der Waals surface area contributed by atoms with Crippen molar-refractivity contribution in [3.05, 3.63) is 144 Å². The molecule has 12 heteroatoms. The monoisotopic (exact) mass is 780 g/mol. The lowest BCUT2D eigenvalue weighted by atomic mass is 9.94. The summed E-state index contributed by atoms with van der Waals surface area (Å²) in [7, 11) is 0. The number of anilines is 5. The van der Waals surface area contributed by atoms with Gasteiger partial charge in [-0.25, -0.2) is 29.9 Å². The van der Waals surface area contributed by atoms with Crippen molar-refractivity contribution in [2.75, 3.05) is 16.4 Å². The number of rotatable bonds is 10. The molecule has 59 heavy (non-hydrogen) atoms. The predicted molar refractivity (Wildman–Crippen MR) is 234 cm³/mol. The van der Waals surface area contributed by atoms with E-state index < -0.39 is 5.54 Å². The van der Waals surface area contributed by atoms with E-state index in [9.17, 15) is 0 Å². The number of ether oxygens (including phenoxy) is 2. The summed E-state index contributed by atoms with van der Waals surface area (Å²) < 4.78 is 12.8. The van der Waals surface area contributed by atoms with Crippen LogP contribution in [0.5, 0.6) is 17.2 Å². The number of benzene rings is 3. The van der Waals surface area contributed by atoms with E-state index >= 15 is 0 Å². The standard InChI is InChI=1S/C47H44N10O2/c1-28(2)37-16-14-35-43(54-37)50-26-52-45(35)56-39-24-30(8-18-41(39)58-33-12-10-32(48)11-13-33)6-7-31-9-19-42(59-34-20-22-47(5,49)23-21-34)40(25-31)57-46-36-15-17-38(29(3)4)55-44(36)51-27-53-46/h8-22,24-29H,23,48-49H2,1-5H3,(H,50,52,54,56)(H,51,53,55,57). The van der Waals surface area contributed by atoms with Gasteiger partial charge in [-0.05, 0) is 122 Å². The van der Waals surface area contributed by atoms with E-state index in [0.29, 0.717) is 69.4 Å². The molecule has 12 nitrogen and oxygen atoms in total. The van der Waals surface area contributed by atoms with E-state index in [-0.39, 0.29) is 11.8 Å². The summed E-state index contributed by atoms with van der Waals surface area (Å²) in [4.78, 5) is 27.6. The molecule has 8 rings (SSSR count). The third-order valence-corrected chi connectivity index (χ3v) is 9.74. The minimum absolute atomic E-state index is 0.258. The topological polar surface area (TPSA) is 172 Å². The Morgan fingerprint density at radius 3 is 1.68 bits per heavy atom. The van der Waals surface area contributed by atoms with E-state index in [1.54, 1.807) is 12.1 Å². The lowest BCUT2D eigenvalue weighted by molar-refractivity contribution is 0.431. The molecule has 0 saturated carbocycles. The molecule has 0 fully saturated rings. The average molecular weight is 781 g/mol. The molecular formula is C47H44N10O2. The number of nitrogens with two attached hydrogens (primary N) is 2. The molecule has 4 aromatic heterocycles. The molecule has 1 atom stereocenters. The molecular weight excluding hydrogens is 737 g/mol. The Balaban J connectivity index is 1.15. The second-order valence-corrected chi connectivity index (χ2v) is 15.3. The van der Waals surface area contributed by atoms with Gasteiger partial charge in [0.15, 0.2) is 22.8 Å². The first-order chi connectivity index (χ1) is 28.5. The van der Waals surface area contributed by atoms with Gasteiger partial charge in [-0.1, -0.05) is 45.6 Å². The third-order valence-electron chi connectivity index (χ3n) is 9.74. The molecule has 0 aliphatic heterocycles. The first kappa shape index (κ1) is 38.5. The molecule has 0 amide bonds. The molecule has 294 valence electrons. The van der Waals surface area contributed by atoms with E-state index in [1.807, 2.05) is 97.9 Å². The van der Waals surface area contributed by atoms with Crippen molar-refractivity contribution in [3.8, 4) is 29.1 Å². The van der Waals surface area contributed by atoms with Crippen molar-refractivity contribution in [3.63, 3.8) is 0 Å². The number of allylic oxidation sites excluding steroid dienone is 1. The summed E-state index contributed by atoms with van der Waals surface area (Å²) in [6.45, 7) is 10.4. The highest BCUT2D eigenvalue weighted by Gasteiger charge is 2.19. The van der Waals surface area contributed by atoms with E-state index in [0.717, 1.165) is 33.3 Å². The fourth-order valence-electron chi connectivity index (χ4n) is 6.34. The molecule has 0 saturated heterocycles. The Bertz CT molecular complexity index is 2820. The highest BCUT2D eigenvalue weighted by Crippen LogP contribution is 2.36. The number of nitrogens with zero attached hydrogens (tertiary/aromatic N) is 6. The van der Waals surface area contributed by atoms with Crippen molar-refractivity contribution in [2.24, 2.45) is 5.73 Å². The zero-order valence-electron chi connectivity index (χ0n) is 33.5. The van der Waals surface area contributed by atoms with Gasteiger partial charge in [0, 0.05) is 33.7 Å². The maximum Gasteiger partial charge on any atom is 0.164 e. The average Bonchev–Trinajstić information content (AvgIpc) is 3.23. The molecule has 0 bridgehead atoms. The van der Waals surface area contributed by atoms with Gasteiger partial charge in [0.1, 0.15) is 35.8 Å². The largest absolute Gasteiger partial charge is 0.456 e. The summed E-state index contributed by atoms with van der Waals surface area (Å²) in [6, 6.07) is 26.7. The van der Waals surface area contributed by atoms with Crippen LogP contribution in [0.4, 0.5) is 28.7 Å². The van der Waals surface area contributed by atoms with Crippen molar-refractivity contribution in [1.29, 1.82) is 0 Å². The zero-order chi connectivity index (χ0) is 41.1. The molecule has 1 aliphatic rings. The SMILES string of the molecule is CC(C)c1ccc2c(Nc3cc(C#Cc4ccc(Oc5ccc(N)cc5)c(Nc5ncnc6nc(C(C)C)ccc56)c4)ccc3OC3=CCC(C)(N)C=C3)ncnc2n1. The van der Waals surface area contributed by atoms with Crippen molar-refractivity contribution in [1.82, 2.24) is 29.9 Å². The zero-order valence-corrected chi connectivity index (χ0v) is 33.5. The van der Waals surface area contributed by atoms with Crippen LogP contribution < -0.4 is 31.6 Å². The highest BCUT2D eigenvalue weighted by molar-refractivity contribution is 5.90. The van der Waals surface area contributed by atoms with Crippen LogP contribution in [0.25, 0.3) is 22.1 Å². The first-order valence-electron chi connectivity index (χ1n) is 19.4. The fourth-order valence-corrected chi connectivity index (χ4v) is 6.34. The van der Waals surface area contributed by atoms with Crippen LogP contribution in [-0.4, -0.2) is 35.4 Å². The molecule has 3 aromatic carbocycles. The Kier molecular flexibility index (Phi) is 10.6. The molecule has 1 unspecified atom stereocenters. The van der Waals surface area contributed by atoms with Crippen LogP contribution in [0.15, 0.2) is 122 Å². The first-order valence-corrected chi connectivity index (χ1v) is 19.4. The maximum atomic E-state index is 6.43. The number of aromatic nitrogens is 6. The van der Waals surface area contributed by atoms with Gasteiger partial charge in [-0.2, -0.15) is 0 Å². The molecule has 6 N–H and O–H groups in total. The molecule has 1 aliphatic carbocycles. The summed E-state index contributed by atoms with van der Waals surface area (Å²) in [5.74, 6) is 10.9. The number of pyridine rings is 2. The van der Waals surface area contributed by atoms with Gasteiger partial charge in [-0.15, -0.1) is 0 Å². The van der Waals surface area contributed by atoms with Gasteiger partial charge in [-0.3, -0.25) is 0 Å². The smallest absolute Gasteiger partial charge is 0.164 e. The van der Waals surface area contributed by atoms with Gasteiger partial charge in [0.05, 0.1) is 22.1 Å². The minimum Gasteiger partial charge on any atom is -0.456 e. The van der Waals surface area contributed by atoms with Crippen molar-refractivity contribution < 1.29 is 9.47 Å². The normalized spacial score (nSPS) is 14.9. The summed E-state index contributed by atoms with van der Waals surface area (Å²) in [5.41, 5.74) is 18.4. The number of fused-ring (bicyclic) bond motifs is 2. The van der Waals surface area contributed by atoms with Crippen molar-refractivity contribution >= 4 is 50.8 Å². The lowest BCUT2D eigenvalue weighted by Gasteiger charge is -2.23. The van der Waals surface area contributed by atoms with Crippen LogP contribution in [-0.2, 0) is 0 Å². The van der Waals surface area contributed by atoms with E-state index in [1.165, 1.54) is 12.7 Å². The summed E-state index contributed by atoms with van der Waals surface area (Å²) in [5, 5.41) is 8.52. The third kappa shape index (κ3) is 8.96. The molecule has 0 radical (unpaired) electrons. The number of nitrogens with one attached hydrogen (secondary N) is 2. The number of hydrogen-bond acceptors (Lipinski definition) is 12. The predicted octanol–water partition coefficient (Wildman–Crippen LogP) is 9.81. The Hall–Kier alpha value is -7.36. The Labute approximate surface area is 342 Å². The Morgan fingerprint density at radius 1 is 0.661 bits per heavy atom. The van der Waals surface area contributed by atoms with Gasteiger partial charge in [0.2, 0.25) is 0 Å². The minimum atomic E-state index is -0.428.